The van der Waals surface area contributed by atoms with Gasteiger partial charge in [0, 0.05) is 42.8 Å². The Morgan fingerprint density at radius 1 is 1.15 bits per heavy atom. The summed E-state index contributed by atoms with van der Waals surface area (Å²) in [5, 5.41) is 0. The van der Waals surface area contributed by atoms with E-state index in [2.05, 4.69) is 24.5 Å². The van der Waals surface area contributed by atoms with E-state index in [0.717, 1.165) is 16.8 Å². The molecule has 0 spiro atoms. The highest BCUT2D eigenvalue weighted by atomic mass is 16.5. The summed E-state index contributed by atoms with van der Waals surface area (Å²) < 4.78 is 18.7. The summed E-state index contributed by atoms with van der Waals surface area (Å²) >= 11 is 0. The normalized spacial score (nSPS) is 18.2. The Kier molecular flexibility index (Phi) is 5.37. The van der Waals surface area contributed by atoms with Crippen LogP contribution in [0.2, 0.25) is 0 Å². The minimum atomic E-state index is 0.158. The van der Waals surface area contributed by atoms with Gasteiger partial charge in [-0.1, -0.05) is 13.8 Å². The quantitative estimate of drug-likeness (QED) is 0.542. The van der Waals surface area contributed by atoms with E-state index in [4.69, 9.17) is 14.2 Å². The highest BCUT2D eigenvalue weighted by molar-refractivity contribution is 6.02. The van der Waals surface area contributed by atoms with Gasteiger partial charge in [0.1, 0.15) is 6.61 Å². The maximum absolute atomic E-state index is 12.5. The first kappa shape index (κ1) is 18.5. The summed E-state index contributed by atoms with van der Waals surface area (Å²) in [6, 6.07) is 6.26. The Hall–Kier alpha value is -2.27. The Labute approximate surface area is 154 Å². The number of Topliss-reactive ketones (excluding diaryl/α,β-unsaturated/α-hetero) is 1. The van der Waals surface area contributed by atoms with Gasteiger partial charge >= 0.3 is 0 Å². The zero-order valence-electron chi connectivity index (χ0n) is 16.2. The van der Waals surface area contributed by atoms with Gasteiger partial charge in [0.15, 0.2) is 17.3 Å². The van der Waals surface area contributed by atoms with Crippen molar-refractivity contribution in [2.24, 2.45) is 0 Å². The van der Waals surface area contributed by atoms with Crippen molar-refractivity contribution in [1.29, 1.82) is 0 Å². The van der Waals surface area contributed by atoms with E-state index >= 15 is 0 Å². The van der Waals surface area contributed by atoms with Crippen molar-refractivity contribution >= 4 is 5.78 Å². The van der Waals surface area contributed by atoms with Crippen LogP contribution in [-0.2, 0) is 4.74 Å². The lowest BCUT2D eigenvalue weighted by Gasteiger charge is -2.33. The van der Waals surface area contributed by atoms with Gasteiger partial charge in [0.2, 0.25) is 0 Å². The molecule has 26 heavy (non-hydrogen) atoms. The lowest BCUT2D eigenvalue weighted by molar-refractivity contribution is 0.0988. The van der Waals surface area contributed by atoms with Gasteiger partial charge in [-0.25, -0.2) is 0 Å². The molecule has 5 nitrogen and oxygen atoms in total. The van der Waals surface area contributed by atoms with Gasteiger partial charge < -0.3 is 18.8 Å². The van der Waals surface area contributed by atoms with E-state index in [-0.39, 0.29) is 11.8 Å². The Morgan fingerprint density at radius 2 is 1.92 bits per heavy atom. The molecular formula is C21H27NO4. The first-order valence-corrected chi connectivity index (χ1v) is 9.11. The van der Waals surface area contributed by atoms with Crippen LogP contribution in [0.15, 0.2) is 24.4 Å². The Bertz CT molecular complexity index is 809. The van der Waals surface area contributed by atoms with Crippen LogP contribution in [0, 0.1) is 0 Å². The van der Waals surface area contributed by atoms with E-state index in [9.17, 15) is 4.79 Å². The molecule has 2 atom stereocenters. The predicted molar refractivity (Wildman–Crippen MR) is 102 cm³/mol. The molecule has 2 aromatic rings. The van der Waals surface area contributed by atoms with Gasteiger partial charge in [-0.15, -0.1) is 0 Å². The van der Waals surface area contributed by atoms with Gasteiger partial charge in [-0.05, 0) is 30.7 Å². The lowest BCUT2D eigenvalue weighted by atomic mass is 9.84. The maximum Gasteiger partial charge on any atom is 0.164 e. The number of rotatable bonds is 7. The number of ether oxygens (including phenoxy) is 3. The number of nitrogens with zero attached hydrogens (tertiary/aromatic N) is 1. The fraction of sp³-hybridized carbons (Fsp3) is 0.476. The summed E-state index contributed by atoms with van der Waals surface area (Å²) in [7, 11) is 3.29. The molecule has 140 valence electrons. The highest BCUT2D eigenvalue weighted by Gasteiger charge is 2.32. The maximum atomic E-state index is 12.5. The zero-order chi connectivity index (χ0) is 18.8. The zero-order valence-corrected chi connectivity index (χ0v) is 16.2. The van der Waals surface area contributed by atoms with Crippen molar-refractivity contribution in [2.45, 2.75) is 39.2 Å². The molecule has 0 bridgehead atoms. The number of hydrogen-bond donors (Lipinski definition) is 0. The molecule has 3 rings (SSSR count). The van der Waals surface area contributed by atoms with Crippen LogP contribution >= 0.6 is 0 Å². The first-order valence-electron chi connectivity index (χ1n) is 9.11. The molecule has 0 fully saturated rings. The molecule has 5 heteroatoms. The SMILES string of the molecule is CCC(=O)c1ccn2c1-c1cc(OC)c(OCCOC)cc1C(C)C2C. The van der Waals surface area contributed by atoms with E-state index in [1.807, 2.05) is 25.3 Å². The largest absolute Gasteiger partial charge is 0.493 e. The van der Waals surface area contributed by atoms with E-state index < -0.39 is 0 Å². The monoisotopic (exact) mass is 357 g/mol. The Balaban J connectivity index is 2.15. The van der Waals surface area contributed by atoms with Crippen LogP contribution in [-0.4, -0.2) is 37.8 Å². The molecule has 2 unspecified atom stereocenters. The fourth-order valence-corrected chi connectivity index (χ4v) is 3.65. The molecule has 2 heterocycles. The molecule has 1 aromatic carbocycles. The van der Waals surface area contributed by atoms with E-state index in [0.29, 0.717) is 37.1 Å². The molecular weight excluding hydrogens is 330 g/mol. The molecule has 0 radical (unpaired) electrons. The minimum Gasteiger partial charge on any atom is -0.493 e. The number of ketones is 1. The van der Waals surface area contributed by atoms with Crippen molar-refractivity contribution in [3.63, 3.8) is 0 Å². The number of carbonyl (C=O) groups is 1. The second-order valence-electron chi connectivity index (χ2n) is 6.72. The second kappa shape index (κ2) is 7.54. The number of aromatic nitrogens is 1. The van der Waals surface area contributed by atoms with E-state index in [1.54, 1.807) is 14.2 Å². The third kappa shape index (κ3) is 3.01. The average molecular weight is 357 g/mol. The minimum absolute atomic E-state index is 0.158. The first-order chi connectivity index (χ1) is 12.5. The van der Waals surface area contributed by atoms with Crippen molar-refractivity contribution in [2.75, 3.05) is 27.4 Å². The smallest absolute Gasteiger partial charge is 0.164 e. The lowest BCUT2D eigenvalue weighted by Crippen LogP contribution is -2.20. The van der Waals surface area contributed by atoms with Crippen LogP contribution in [0.3, 0.4) is 0 Å². The summed E-state index contributed by atoms with van der Waals surface area (Å²) in [5.74, 6) is 1.84. The third-order valence-electron chi connectivity index (χ3n) is 5.33. The van der Waals surface area contributed by atoms with Crippen molar-refractivity contribution in [1.82, 2.24) is 4.57 Å². The average Bonchev–Trinajstić information content (AvgIpc) is 3.10. The molecule has 1 aliphatic rings. The summed E-state index contributed by atoms with van der Waals surface area (Å²) in [6.07, 6.45) is 2.52. The summed E-state index contributed by atoms with van der Waals surface area (Å²) in [4.78, 5) is 12.5. The number of hydrogen-bond acceptors (Lipinski definition) is 4. The number of fused-ring (bicyclic) bond motifs is 3. The summed E-state index contributed by atoms with van der Waals surface area (Å²) in [6.45, 7) is 7.28. The van der Waals surface area contributed by atoms with Gasteiger partial charge in [0.05, 0.1) is 19.4 Å². The fourth-order valence-electron chi connectivity index (χ4n) is 3.65. The highest BCUT2D eigenvalue weighted by Crippen LogP contribution is 2.48. The van der Waals surface area contributed by atoms with Gasteiger partial charge in [-0.2, -0.15) is 0 Å². The molecule has 0 N–H and O–H groups in total. The number of methoxy groups -OCH3 is 2. The second-order valence-corrected chi connectivity index (χ2v) is 6.72. The van der Waals surface area contributed by atoms with Crippen molar-refractivity contribution < 1.29 is 19.0 Å². The van der Waals surface area contributed by atoms with Crippen LogP contribution in [0.5, 0.6) is 11.5 Å². The van der Waals surface area contributed by atoms with Gasteiger partial charge in [0.25, 0.3) is 0 Å². The molecule has 0 amide bonds. The molecule has 1 aromatic heterocycles. The summed E-state index contributed by atoms with van der Waals surface area (Å²) in [5.41, 5.74) is 4.00. The molecule has 0 saturated carbocycles. The standard InChI is InChI=1S/C21H27NO4/c1-6-18(23)15-7-8-22-14(3)13(2)16-11-20(26-10-9-24-4)19(25-5)12-17(16)21(15)22/h7-8,11-14H,6,9-10H2,1-5H3. The predicted octanol–water partition coefficient (Wildman–Crippen LogP) is 4.46. The van der Waals surface area contributed by atoms with Gasteiger partial charge in [-0.3, -0.25) is 4.79 Å². The van der Waals surface area contributed by atoms with Crippen LogP contribution in [0.4, 0.5) is 0 Å². The molecule has 0 aliphatic carbocycles. The number of benzene rings is 1. The topological polar surface area (TPSA) is 49.7 Å². The molecule has 1 aliphatic heterocycles. The van der Waals surface area contributed by atoms with Crippen molar-refractivity contribution in [3.05, 3.63) is 35.5 Å². The Morgan fingerprint density at radius 3 is 2.58 bits per heavy atom. The third-order valence-corrected chi connectivity index (χ3v) is 5.33. The van der Waals surface area contributed by atoms with Crippen molar-refractivity contribution in [3.8, 4) is 22.8 Å². The molecule has 0 saturated heterocycles. The number of carbonyl (C=O) groups excluding carboxylic acids is 1. The van der Waals surface area contributed by atoms with E-state index in [1.165, 1.54) is 5.56 Å². The van der Waals surface area contributed by atoms with Crippen LogP contribution in [0.25, 0.3) is 11.3 Å². The van der Waals surface area contributed by atoms with Crippen LogP contribution in [0.1, 0.15) is 55.1 Å². The van der Waals surface area contributed by atoms with Crippen LogP contribution < -0.4 is 9.47 Å².